The summed E-state index contributed by atoms with van der Waals surface area (Å²) in [6.07, 6.45) is 6.85. The van der Waals surface area contributed by atoms with Gasteiger partial charge < -0.3 is 14.6 Å². The molecule has 108 valence electrons. The van der Waals surface area contributed by atoms with Crippen molar-refractivity contribution in [3.8, 4) is 0 Å². The van der Waals surface area contributed by atoms with Crippen LogP contribution in [0.5, 0.6) is 0 Å². The summed E-state index contributed by atoms with van der Waals surface area (Å²) < 4.78 is 1.73. The highest BCUT2D eigenvalue weighted by molar-refractivity contribution is 5.75. The Labute approximate surface area is 117 Å². The topological polar surface area (TPSA) is 75.4 Å². The Morgan fingerprint density at radius 2 is 2.25 bits per heavy atom. The Balaban J connectivity index is 1.91. The van der Waals surface area contributed by atoms with Gasteiger partial charge in [0.15, 0.2) is 5.82 Å². The van der Waals surface area contributed by atoms with Crippen molar-refractivity contribution in [1.82, 2.24) is 9.55 Å². The molecule has 2 aliphatic rings. The molecule has 1 atom stereocenters. The molecular weight excluding hydrogens is 258 g/mol. The predicted octanol–water partition coefficient (Wildman–Crippen LogP) is 1.27. The van der Waals surface area contributed by atoms with E-state index in [1.807, 2.05) is 4.90 Å². The highest BCUT2D eigenvalue weighted by Crippen LogP contribution is 2.34. The molecule has 3 rings (SSSR count). The molecule has 0 spiro atoms. The van der Waals surface area contributed by atoms with Crippen LogP contribution in [-0.4, -0.2) is 33.7 Å². The van der Waals surface area contributed by atoms with Gasteiger partial charge in [0.25, 0.3) is 5.56 Å². The van der Waals surface area contributed by atoms with E-state index in [0.29, 0.717) is 31.4 Å². The average Bonchev–Trinajstić information content (AvgIpc) is 3.23. The van der Waals surface area contributed by atoms with Gasteiger partial charge in [-0.1, -0.05) is 0 Å². The molecule has 1 saturated carbocycles. The van der Waals surface area contributed by atoms with Crippen LogP contribution in [-0.2, 0) is 4.79 Å². The highest BCUT2D eigenvalue weighted by atomic mass is 16.4. The van der Waals surface area contributed by atoms with E-state index in [4.69, 9.17) is 0 Å². The lowest BCUT2D eigenvalue weighted by Gasteiger charge is -2.37. The molecule has 1 aliphatic carbocycles. The summed E-state index contributed by atoms with van der Waals surface area (Å²) in [5, 5.41) is 9.35. The monoisotopic (exact) mass is 277 g/mol. The molecule has 1 saturated heterocycles. The Bertz CT molecular complexity index is 594. The van der Waals surface area contributed by atoms with Crippen molar-refractivity contribution < 1.29 is 9.90 Å². The van der Waals surface area contributed by atoms with Gasteiger partial charge in [-0.3, -0.25) is 9.59 Å². The molecule has 1 aliphatic heterocycles. The van der Waals surface area contributed by atoms with Crippen LogP contribution in [0.2, 0.25) is 0 Å². The fourth-order valence-electron chi connectivity index (χ4n) is 2.87. The van der Waals surface area contributed by atoms with Crippen LogP contribution in [0.15, 0.2) is 17.2 Å². The largest absolute Gasteiger partial charge is 0.481 e. The van der Waals surface area contributed by atoms with E-state index in [0.717, 1.165) is 19.3 Å². The number of hydrogen-bond donors (Lipinski definition) is 1. The van der Waals surface area contributed by atoms with Gasteiger partial charge in [-0.25, -0.2) is 4.98 Å². The van der Waals surface area contributed by atoms with Crippen LogP contribution in [0.25, 0.3) is 0 Å². The number of rotatable bonds is 3. The van der Waals surface area contributed by atoms with Gasteiger partial charge in [0.05, 0.1) is 5.41 Å². The third-order valence-corrected chi connectivity index (χ3v) is 4.30. The molecule has 1 aromatic rings. The average molecular weight is 277 g/mol. The number of aromatic nitrogens is 2. The number of carboxylic acid groups (broad SMARTS) is 1. The second-order valence-corrected chi connectivity index (χ2v) is 6.09. The lowest BCUT2D eigenvalue weighted by molar-refractivity contribution is -0.148. The molecule has 0 amide bonds. The van der Waals surface area contributed by atoms with E-state index in [-0.39, 0.29) is 5.56 Å². The molecule has 0 bridgehead atoms. The van der Waals surface area contributed by atoms with Crippen molar-refractivity contribution >= 4 is 11.8 Å². The third-order valence-electron chi connectivity index (χ3n) is 4.30. The van der Waals surface area contributed by atoms with Crippen molar-refractivity contribution in [2.75, 3.05) is 18.0 Å². The highest BCUT2D eigenvalue weighted by Gasteiger charge is 2.39. The SMILES string of the molecule is CC1(C(=O)O)CCCN(c2nccn(C3CC3)c2=O)C1. The Morgan fingerprint density at radius 3 is 2.90 bits per heavy atom. The molecule has 0 radical (unpaired) electrons. The minimum Gasteiger partial charge on any atom is -0.481 e. The first-order chi connectivity index (χ1) is 9.51. The van der Waals surface area contributed by atoms with Crippen LogP contribution < -0.4 is 10.5 Å². The standard InChI is InChI=1S/C14H19N3O3/c1-14(13(19)20)5-2-7-16(9-14)11-12(18)17(8-6-15-11)10-3-4-10/h6,8,10H,2-5,7,9H2,1H3,(H,19,20). The maximum atomic E-state index is 12.4. The lowest BCUT2D eigenvalue weighted by Crippen LogP contribution is -2.48. The molecule has 1 aromatic heterocycles. The molecule has 1 N–H and O–H groups in total. The lowest BCUT2D eigenvalue weighted by atomic mass is 9.82. The van der Waals surface area contributed by atoms with E-state index >= 15 is 0 Å². The zero-order valence-electron chi connectivity index (χ0n) is 11.6. The quantitative estimate of drug-likeness (QED) is 0.900. The minimum absolute atomic E-state index is 0.0929. The smallest absolute Gasteiger partial charge is 0.311 e. The van der Waals surface area contributed by atoms with Crippen molar-refractivity contribution in [3.63, 3.8) is 0 Å². The van der Waals surface area contributed by atoms with Gasteiger partial charge in [-0.2, -0.15) is 0 Å². The second kappa shape index (κ2) is 4.61. The van der Waals surface area contributed by atoms with Crippen LogP contribution in [0.3, 0.4) is 0 Å². The molecule has 2 fully saturated rings. The molecule has 6 nitrogen and oxygen atoms in total. The van der Waals surface area contributed by atoms with Crippen LogP contribution in [0, 0.1) is 5.41 Å². The zero-order chi connectivity index (χ0) is 14.3. The van der Waals surface area contributed by atoms with Gasteiger partial charge >= 0.3 is 5.97 Å². The van der Waals surface area contributed by atoms with E-state index in [9.17, 15) is 14.7 Å². The van der Waals surface area contributed by atoms with Crippen molar-refractivity contribution in [2.45, 2.75) is 38.6 Å². The van der Waals surface area contributed by atoms with E-state index < -0.39 is 11.4 Å². The molecule has 0 aromatic carbocycles. The fraction of sp³-hybridized carbons (Fsp3) is 0.643. The maximum absolute atomic E-state index is 12.4. The van der Waals surface area contributed by atoms with Gasteiger partial charge in [0, 0.05) is 31.5 Å². The number of carboxylic acids is 1. The summed E-state index contributed by atoms with van der Waals surface area (Å²) in [6.45, 7) is 2.78. The summed E-state index contributed by atoms with van der Waals surface area (Å²) in [6, 6.07) is 0.305. The summed E-state index contributed by atoms with van der Waals surface area (Å²) in [5.41, 5.74) is -0.892. The van der Waals surface area contributed by atoms with E-state index in [1.54, 1.807) is 23.9 Å². The van der Waals surface area contributed by atoms with Crippen LogP contribution in [0.1, 0.15) is 38.6 Å². The second-order valence-electron chi connectivity index (χ2n) is 6.09. The number of aliphatic carboxylic acids is 1. The zero-order valence-corrected chi connectivity index (χ0v) is 11.6. The Hall–Kier alpha value is -1.85. The normalized spacial score (nSPS) is 26.6. The first-order valence-corrected chi connectivity index (χ1v) is 7.07. The molecule has 20 heavy (non-hydrogen) atoms. The van der Waals surface area contributed by atoms with Crippen molar-refractivity contribution in [2.24, 2.45) is 5.41 Å². The molecular formula is C14H19N3O3. The molecule has 6 heteroatoms. The maximum Gasteiger partial charge on any atom is 0.311 e. The van der Waals surface area contributed by atoms with Crippen LogP contribution in [0.4, 0.5) is 5.82 Å². The van der Waals surface area contributed by atoms with Crippen LogP contribution >= 0.6 is 0 Å². The van der Waals surface area contributed by atoms with Gasteiger partial charge in [0.1, 0.15) is 0 Å². The number of piperidine rings is 1. The molecule has 1 unspecified atom stereocenters. The van der Waals surface area contributed by atoms with Gasteiger partial charge in [-0.15, -0.1) is 0 Å². The number of anilines is 1. The Morgan fingerprint density at radius 1 is 1.50 bits per heavy atom. The first-order valence-electron chi connectivity index (χ1n) is 7.07. The summed E-state index contributed by atoms with van der Waals surface area (Å²) in [7, 11) is 0. The Kier molecular flexibility index (Phi) is 3.03. The van der Waals surface area contributed by atoms with Crippen molar-refractivity contribution in [1.29, 1.82) is 0 Å². The molecule has 2 heterocycles. The van der Waals surface area contributed by atoms with E-state index in [2.05, 4.69) is 4.98 Å². The summed E-state index contributed by atoms with van der Waals surface area (Å²) >= 11 is 0. The van der Waals surface area contributed by atoms with Gasteiger partial charge in [0.2, 0.25) is 0 Å². The minimum atomic E-state index is -0.805. The summed E-state index contributed by atoms with van der Waals surface area (Å²) in [5.74, 6) is -0.410. The van der Waals surface area contributed by atoms with Crippen molar-refractivity contribution in [3.05, 3.63) is 22.7 Å². The third kappa shape index (κ3) is 2.19. The fourth-order valence-corrected chi connectivity index (χ4v) is 2.87. The number of nitrogens with zero attached hydrogens (tertiary/aromatic N) is 3. The predicted molar refractivity (Wildman–Crippen MR) is 74.0 cm³/mol. The number of carbonyl (C=O) groups is 1. The first kappa shape index (κ1) is 13.1. The van der Waals surface area contributed by atoms with Gasteiger partial charge in [-0.05, 0) is 32.6 Å². The number of hydrogen-bond acceptors (Lipinski definition) is 4. The van der Waals surface area contributed by atoms with E-state index in [1.165, 1.54) is 0 Å². The summed E-state index contributed by atoms with van der Waals surface area (Å²) in [4.78, 5) is 29.9.